The summed E-state index contributed by atoms with van der Waals surface area (Å²) < 4.78 is 27.5. The SMILES string of the molecule is Nc1cc(Br)cc(Br)c1NC(=O)Nc1ccc(F)cc1F. The second kappa shape index (κ2) is 6.40. The highest BCUT2D eigenvalue weighted by Crippen LogP contribution is 2.32. The van der Waals surface area contributed by atoms with Crippen molar-refractivity contribution in [3.05, 3.63) is 50.9 Å². The number of amides is 2. The summed E-state index contributed by atoms with van der Waals surface area (Å²) in [5, 5.41) is 4.77. The molecule has 0 aliphatic carbocycles. The summed E-state index contributed by atoms with van der Waals surface area (Å²) in [5.41, 5.74) is 6.32. The fraction of sp³-hybridized carbons (Fsp3) is 0. The molecule has 4 nitrogen and oxygen atoms in total. The number of nitrogens with one attached hydrogen (secondary N) is 2. The van der Waals surface area contributed by atoms with Crippen molar-refractivity contribution in [2.45, 2.75) is 0 Å². The van der Waals surface area contributed by atoms with Gasteiger partial charge in [-0.15, -0.1) is 0 Å². The molecule has 21 heavy (non-hydrogen) atoms. The van der Waals surface area contributed by atoms with Crippen molar-refractivity contribution >= 4 is 55.0 Å². The van der Waals surface area contributed by atoms with Crippen molar-refractivity contribution in [1.82, 2.24) is 0 Å². The largest absolute Gasteiger partial charge is 0.397 e. The van der Waals surface area contributed by atoms with Gasteiger partial charge in [0, 0.05) is 15.0 Å². The van der Waals surface area contributed by atoms with E-state index >= 15 is 0 Å². The number of anilines is 3. The van der Waals surface area contributed by atoms with Crippen molar-refractivity contribution in [3.8, 4) is 0 Å². The predicted molar refractivity (Wildman–Crippen MR) is 85.3 cm³/mol. The van der Waals surface area contributed by atoms with Gasteiger partial charge in [0.25, 0.3) is 0 Å². The Morgan fingerprint density at radius 2 is 1.81 bits per heavy atom. The second-order valence-corrected chi connectivity index (χ2v) is 5.83. The van der Waals surface area contributed by atoms with Gasteiger partial charge in [0.05, 0.1) is 17.1 Å². The molecule has 0 aromatic heterocycles. The van der Waals surface area contributed by atoms with E-state index in [2.05, 4.69) is 42.5 Å². The highest BCUT2D eigenvalue weighted by Gasteiger charge is 2.12. The number of hydrogen-bond acceptors (Lipinski definition) is 2. The van der Waals surface area contributed by atoms with Crippen LogP contribution in [-0.2, 0) is 0 Å². The Hall–Kier alpha value is -1.67. The minimum absolute atomic E-state index is 0.138. The van der Waals surface area contributed by atoms with E-state index in [-0.39, 0.29) is 5.69 Å². The molecule has 2 aromatic rings. The van der Waals surface area contributed by atoms with Crippen molar-refractivity contribution < 1.29 is 13.6 Å². The standard InChI is InChI=1S/C13H9Br2F2N3O/c14-6-3-8(15)12(10(18)4-6)20-13(21)19-11-2-1-7(16)5-9(11)17/h1-5H,18H2,(H2,19,20,21). The lowest BCUT2D eigenvalue weighted by Crippen LogP contribution is -2.21. The average molecular weight is 421 g/mol. The molecule has 0 aliphatic heterocycles. The van der Waals surface area contributed by atoms with Gasteiger partial charge in [-0.2, -0.15) is 0 Å². The predicted octanol–water partition coefficient (Wildman–Crippen LogP) is 4.72. The normalized spacial score (nSPS) is 10.3. The smallest absolute Gasteiger partial charge is 0.323 e. The van der Waals surface area contributed by atoms with Crippen LogP contribution < -0.4 is 16.4 Å². The van der Waals surface area contributed by atoms with Gasteiger partial charge < -0.3 is 16.4 Å². The summed E-state index contributed by atoms with van der Waals surface area (Å²) >= 11 is 6.52. The number of urea groups is 1. The van der Waals surface area contributed by atoms with Gasteiger partial charge in [0.15, 0.2) is 0 Å². The first-order chi connectivity index (χ1) is 9.86. The van der Waals surface area contributed by atoms with Gasteiger partial charge in [-0.05, 0) is 40.2 Å². The summed E-state index contributed by atoms with van der Waals surface area (Å²) in [4.78, 5) is 11.8. The molecule has 0 bridgehead atoms. The van der Waals surface area contributed by atoms with Gasteiger partial charge >= 0.3 is 6.03 Å². The van der Waals surface area contributed by atoms with Crippen LogP contribution in [0.4, 0.5) is 30.6 Å². The molecule has 0 atom stereocenters. The molecule has 0 spiro atoms. The maximum Gasteiger partial charge on any atom is 0.323 e. The lowest BCUT2D eigenvalue weighted by Gasteiger charge is -2.12. The first-order valence-electron chi connectivity index (χ1n) is 5.64. The maximum atomic E-state index is 13.4. The van der Waals surface area contributed by atoms with E-state index in [0.29, 0.717) is 21.9 Å². The Labute approximate surface area is 136 Å². The second-order valence-electron chi connectivity index (χ2n) is 4.06. The highest BCUT2D eigenvalue weighted by atomic mass is 79.9. The van der Waals surface area contributed by atoms with Crippen LogP contribution in [-0.4, -0.2) is 6.03 Å². The number of nitrogens with two attached hydrogens (primary N) is 1. The fourth-order valence-corrected chi connectivity index (χ4v) is 2.94. The van der Waals surface area contributed by atoms with Crippen LogP contribution in [0.3, 0.4) is 0 Å². The lowest BCUT2D eigenvalue weighted by atomic mass is 10.2. The zero-order valence-electron chi connectivity index (χ0n) is 10.4. The number of halogens is 4. The number of hydrogen-bond donors (Lipinski definition) is 3. The van der Waals surface area contributed by atoms with E-state index in [0.717, 1.165) is 16.6 Å². The molecule has 0 saturated carbocycles. The molecule has 4 N–H and O–H groups in total. The van der Waals surface area contributed by atoms with Crippen LogP contribution >= 0.6 is 31.9 Å². The Morgan fingerprint density at radius 3 is 2.43 bits per heavy atom. The molecule has 110 valence electrons. The quantitative estimate of drug-likeness (QED) is 0.615. The first-order valence-corrected chi connectivity index (χ1v) is 7.23. The maximum absolute atomic E-state index is 13.4. The number of carbonyl (C=O) groups is 1. The zero-order valence-corrected chi connectivity index (χ0v) is 13.6. The molecule has 2 aromatic carbocycles. The van der Waals surface area contributed by atoms with Crippen LogP contribution in [0.25, 0.3) is 0 Å². The molecular weight excluding hydrogens is 412 g/mol. The van der Waals surface area contributed by atoms with E-state index in [1.165, 1.54) is 0 Å². The third-order valence-corrected chi connectivity index (χ3v) is 3.59. The first kappa shape index (κ1) is 15.7. The number of carbonyl (C=O) groups excluding carboxylic acids is 1. The van der Waals surface area contributed by atoms with Crippen molar-refractivity contribution in [2.75, 3.05) is 16.4 Å². The Bertz CT molecular complexity index is 687. The Kier molecular flexibility index (Phi) is 4.79. The van der Waals surface area contributed by atoms with E-state index in [4.69, 9.17) is 5.73 Å². The van der Waals surface area contributed by atoms with Gasteiger partial charge in [-0.3, -0.25) is 0 Å². The van der Waals surface area contributed by atoms with E-state index in [1.807, 2.05) is 0 Å². The van der Waals surface area contributed by atoms with Crippen molar-refractivity contribution in [3.63, 3.8) is 0 Å². The van der Waals surface area contributed by atoms with E-state index in [1.54, 1.807) is 12.1 Å². The fourth-order valence-electron chi connectivity index (χ4n) is 1.58. The van der Waals surface area contributed by atoms with Gasteiger partial charge in [0.2, 0.25) is 0 Å². The molecule has 0 saturated heterocycles. The molecular formula is C13H9Br2F2N3O. The van der Waals surface area contributed by atoms with Gasteiger partial charge in [-0.1, -0.05) is 15.9 Å². The highest BCUT2D eigenvalue weighted by molar-refractivity contribution is 9.11. The minimum Gasteiger partial charge on any atom is -0.397 e. The van der Waals surface area contributed by atoms with Crippen LogP contribution in [0.15, 0.2) is 39.3 Å². The van der Waals surface area contributed by atoms with Crippen LogP contribution in [0.5, 0.6) is 0 Å². The van der Waals surface area contributed by atoms with Crippen molar-refractivity contribution in [2.24, 2.45) is 0 Å². The molecule has 2 amide bonds. The summed E-state index contributed by atoms with van der Waals surface area (Å²) in [6, 6.07) is 5.46. The molecule has 8 heteroatoms. The topological polar surface area (TPSA) is 67.1 Å². The van der Waals surface area contributed by atoms with Crippen molar-refractivity contribution in [1.29, 1.82) is 0 Å². The van der Waals surface area contributed by atoms with E-state index in [9.17, 15) is 13.6 Å². The molecule has 2 rings (SSSR count). The number of rotatable bonds is 2. The minimum atomic E-state index is -0.868. The van der Waals surface area contributed by atoms with Crippen LogP contribution in [0, 0.1) is 11.6 Å². The monoisotopic (exact) mass is 419 g/mol. The summed E-state index contributed by atoms with van der Waals surface area (Å²) in [6.45, 7) is 0. The Balaban J connectivity index is 2.16. The average Bonchev–Trinajstić information content (AvgIpc) is 2.37. The third-order valence-electron chi connectivity index (χ3n) is 2.50. The Morgan fingerprint density at radius 1 is 1.10 bits per heavy atom. The van der Waals surface area contributed by atoms with Crippen LogP contribution in [0.1, 0.15) is 0 Å². The van der Waals surface area contributed by atoms with Crippen LogP contribution in [0.2, 0.25) is 0 Å². The number of benzene rings is 2. The lowest BCUT2D eigenvalue weighted by molar-refractivity contribution is 0.262. The van der Waals surface area contributed by atoms with E-state index < -0.39 is 17.7 Å². The molecule has 0 heterocycles. The molecule has 0 unspecified atom stereocenters. The molecule has 0 radical (unpaired) electrons. The summed E-state index contributed by atoms with van der Waals surface area (Å²) in [7, 11) is 0. The summed E-state index contributed by atoms with van der Waals surface area (Å²) in [5.74, 6) is -1.59. The van der Waals surface area contributed by atoms with Gasteiger partial charge in [-0.25, -0.2) is 13.6 Å². The molecule has 0 fully saturated rings. The zero-order chi connectivity index (χ0) is 15.6. The third kappa shape index (κ3) is 3.92. The number of nitrogen functional groups attached to an aromatic ring is 1. The molecule has 0 aliphatic rings. The van der Waals surface area contributed by atoms with Gasteiger partial charge in [0.1, 0.15) is 11.6 Å². The summed E-state index contributed by atoms with van der Waals surface area (Å²) in [6.07, 6.45) is 0.